The standard InChI is InChI=1S/C8H9ClN2OS/c1-10-7(12)5-13-8-4-2-3-6(9)11-8/h2-4H,5H2,1H3,(H,10,12). The maximum absolute atomic E-state index is 10.9. The zero-order valence-corrected chi connectivity index (χ0v) is 8.65. The normalized spacial score (nSPS) is 9.69. The van der Waals surface area contributed by atoms with Gasteiger partial charge in [-0.1, -0.05) is 29.4 Å². The molecule has 0 atom stereocenters. The van der Waals surface area contributed by atoms with Crippen molar-refractivity contribution in [1.82, 2.24) is 10.3 Å². The van der Waals surface area contributed by atoms with E-state index < -0.39 is 0 Å². The lowest BCUT2D eigenvalue weighted by Crippen LogP contribution is -2.19. The third kappa shape index (κ3) is 3.65. The summed E-state index contributed by atoms with van der Waals surface area (Å²) < 4.78 is 0. The first-order valence-corrected chi connectivity index (χ1v) is 5.04. The molecule has 1 N–H and O–H groups in total. The molecule has 0 spiro atoms. The topological polar surface area (TPSA) is 42.0 Å². The number of hydrogen-bond acceptors (Lipinski definition) is 3. The number of halogens is 1. The molecule has 1 amide bonds. The zero-order chi connectivity index (χ0) is 9.68. The molecule has 0 saturated heterocycles. The van der Waals surface area contributed by atoms with Crippen molar-refractivity contribution in [2.24, 2.45) is 0 Å². The fraction of sp³-hybridized carbons (Fsp3) is 0.250. The first kappa shape index (κ1) is 10.3. The van der Waals surface area contributed by atoms with Gasteiger partial charge in [-0.3, -0.25) is 4.79 Å². The van der Waals surface area contributed by atoms with Gasteiger partial charge in [0.15, 0.2) is 0 Å². The molecule has 0 bridgehead atoms. The van der Waals surface area contributed by atoms with Crippen LogP contribution in [0.4, 0.5) is 0 Å². The smallest absolute Gasteiger partial charge is 0.230 e. The van der Waals surface area contributed by atoms with Gasteiger partial charge in [-0.25, -0.2) is 4.98 Å². The maximum atomic E-state index is 10.9. The van der Waals surface area contributed by atoms with E-state index in [-0.39, 0.29) is 5.91 Å². The van der Waals surface area contributed by atoms with Crippen molar-refractivity contribution in [2.45, 2.75) is 5.03 Å². The largest absolute Gasteiger partial charge is 0.358 e. The Morgan fingerprint density at radius 3 is 3.08 bits per heavy atom. The summed E-state index contributed by atoms with van der Waals surface area (Å²) in [6.07, 6.45) is 0. The maximum Gasteiger partial charge on any atom is 0.230 e. The molecule has 70 valence electrons. The Bertz CT molecular complexity index is 306. The van der Waals surface area contributed by atoms with E-state index in [0.717, 1.165) is 5.03 Å². The van der Waals surface area contributed by atoms with Crippen molar-refractivity contribution < 1.29 is 4.79 Å². The predicted molar refractivity (Wildman–Crippen MR) is 54.0 cm³/mol. The highest BCUT2D eigenvalue weighted by atomic mass is 35.5. The molecule has 1 rings (SSSR count). The highest BCUT2D eigenvalue weighted by Gasteiger charge is 2.01. The van der Waals surface area contributed by atoms with Crippen molar-refractivity contribution in [3.8, 4) is 0 Å². The Morgan fingerprint density at radius 1 is 1.69 bits per heavy atom. The van der Waals surface area contributed by atoms with Gasteiger partial charge < -0.3 is 5.32 Å². The van der Waals surface area contributed by atoms with Gasteiger partial charge in [-0.15, -0.1) is 0 Å². The third-order valence-corrected chi connectivity index (χ3v) is 2.46. The van der Waals surface area contributed by atoms with Crippen molar-refractivity contribution in [2.75, 3.05) is 12.8 Å². The fourth-order valence-corrected chi connectivity index (χ4v) is 1.66. The Hall–Kier alpha value is -0.740. The third-order valence-electron chi connectivity index (χ3n) is 1.32. The van der Waals surface area contributed by atoms with Gasteiger partial charge in [-0.2, -0.15) is 0 Å². The minimum absolute atomic E-state index is 0.0215. The number of carbonyl (C=O) groups excluding carboxylic acids is 1. The molecule has 0 aliphatic rings. The zero-order valence-electron chi connectivity index (χ0n) is 7.08. The molecule has 1 aromatic rings. The van der Waals surface area contributed by atoms with E-state index in [1.54, 1.807) is 13.1 Å². The molecular weight excluding hydrogens is 208 g/mol. The lowest BCUT2D eigenvalue weighted by Gasteiger charge is -1.99. The Balaban J connectivity index is 2.50. The molecule has 0 fully saturated rings. The molecule has 0 aromatic carbocycles. The summed E-state index contributed by atoms with van der Waals surface area (Å²) in [5.41, 5.74) is 0. The number of thioether (sulfide) groups is 1. The Kier molecular flexibility index (Phi) is 4.05. The second-order valence-corrected chi connectivity index (χ2v) is 3.64. The van der Waals surface area contributed by atoms with E-state index in [0.29, 0.717) is 10.9 Å². The number of carbonyl (C=O) groups is 1. The van der Waals surface area contributed by atoms with Crippen LogP contribution >= 0.6 is 23.4 Å². The molecule has 0 aliphatic carbocycles. The molecule has 3 nitrogen and oxygen atoms in total. The first-order valence-electron chi connectivity index (χ1n) is 3.68. The molecule has 5 heteroatoms. The van der Waals surface area contributed by atoms with Crippen LogP contribution < -0.4 is 5.32 Å². The van der Waals surface area contributed by atoms with Crippen LogP contribution in [0.3, 0.4) is 0 Å². The van der Waals surface area contributed by atoms with Crippen molar-refractivity contribution in [3.63, 3.8) is 0 Å². The number of hydrogen-bond donors (Lipinski definition) is 1. The summed E-state index contributed by atoms with van der Waals surface area (Å²) in [4.78, 5) is 14.9. The van der Waals surface area contributed by atoms with Crippen molar-refractivity contribution in [3.05, 3.63) is 23.4 Å². The number of amides is 1. The summed E-state index contributed by atoms with van der Waals surface area (Å²) in [5, 5.41) is 3.74. The van der Waals surface area contributed by atoms with Gasteiger partial charge in [0.25, 0.3) is 0 Å². The van der Waals surface area contributed by atoms with Gasteiger partial charge in [0.1, 0.15) is 5.15 Å². The number of nitrogens with one attached hydrogen (secondary N) is 1. The van der Waals surface area contributed by atoms with E-state index in [2.05, 4.69) is 10.3 Å². The highest BCUT2D eigenvalue weighted by Crippen LogP contribution is 2.16. The molecule has 13 heavy (non-hydrogen) atoms. The summed E-state index contributed by atoms with van der Waals surface area (Å²) in [5.74, 6) is 0.343. The van der Waals surface area contributed by atoms with Crippen LogP contribution in [-0.2, 0) is 4.79 Å². The summed E-state index contributed by atoms with van der Waals surface area (Å²) in [6.45, 7) is 0. The van der Waals surface area contributed by atoms with E-state index in [1.165, 1.54) is 11.8 Å². The highest BCUT2D eigenvalue weighted by molar-refractivity contribution is 7.99. The SMILES string of the molecule is CNC(=O)CSc1cccc(Cl)n1. The predicted octanol–water partition coefficient (Wildman–Crippen LogP) is 1.57. The van der Waals surface area contributed by atoms with Crippen LogP contribution in [0.25, 0.3) is 0 Å². The van der Waals surface area contributed by atoms with E-state index in [9.17, 15) is 4.79 Å². The minimum atomic E-state index is -0.0215. The van der Waals surface area contributed by atoms with Crippen molar-refractivity contribution >= 4 is 29.3 Å². The summed E-state index contributed by atoms with van der Waals surface area (Å²) >= 11 is 7.03. The monoisotopic (exact) mass is 216 g/mol. The number of pyridine rings is 1. The number of nitrogens with zero attached hydrogens (tertiary/aromatic N) is 1. The number of aromatic nitrogens is 1. The van der Waals surface area contributed by atoms with Crippen LogP contribution in [0.1, 0.15) is 0 Å². The molecule has 0 aliphatic heterocycles. The van der Waals surface area contributed by atoms with E-state index in [4.69, 9.17) is 11.6 Å². The summed E-state index contributed by atoms with van der Waals surface area (Å²) in [6, 6.07) is 5.33. The summed E-state index contributed by atoms with van der Waals surface area (Å²) in [7, 11) is 1.61. The lowest BCUT2D eigenvalue weighted by molar-refractivity contribution is -0.118. The Labute approximate surface area is 85.9 Å². The molecule has 0 saturated carbocycles. The Morgan fingerprint density at radius 2 is 2.46 bits per heavy atom. The van der Waals surface area contributed by atoms with Crippen molar-refractivity contribution in [1.29, 1.82) is 0 Å². The van der Waals surface area contributed by atoms with Crippen LogP contribution in [0.2, 0.25) is 5.15 Å². The minimum Gasteiger partial charge on any atom is -0.358 e. The molecule has 0 unspecified atom stereocenters. The van der Waals surface area contributed by atoms with Gasteiger partial charge in [0.2, 0.25) is 5.91 Å². The quantitative estimate of drug-likeness (QED) is 0.616. The van der Waals surface area contributed by atoms with Crippen LogP contribution in [0.5, 0.6) is 0 Å². The number of rotatable bonds is 3. The lowest BCUT2D eigenvalue weighted by atomic mass is 10.5. The van der Waals surface area contributed by atoms with Crippen LogP contribution in [-0.4, -0.2) is 23.7 Å². The van der Waals surface area contributed by atoms with Gasteiger partial charge in [-0.05, 0) is 12.1 Å². The van der Waals surface area contributed by atoms with Gasteiger partial charge >= 0.3 is 0 Å². The van der Waals surface area contributed by atoms with Crippen LogP contribution in [0, 0.1) is 0 Å². The molecule has 0 radical (unpaired) electrons. The molecular formula is C8H9ClN2OS. The second kappa shape index (κ2) is 5.09. The second-order valence-electron chi connectivity index (χ2n) is 2.26. The van der Waals surface area contributed by atoms with E-state index >= 15 is 0 Å². The van der Waals surface area contributed by atoms with Gasteiger partial charge in [0, 0.05) is 7.05 Å². The van der Waals surface area contributed by atoms with E-state index in [1.807, 2.05) is 12.1 Å². The molecule has 1 heterocycles. The van der Waals surface area contributed by atoms with Gasteiger partial charge in [0.05, 0.1) is 10.8 Å². The average Bonchev–Trinajstić information content (AvgIpc) is 2.14. The molecule has 1 aromatic heterocycles. The average molecular weight is 217 g/mol. The van der Waals surface area contributed by atoms with Crippen LogP contribution in [0.15, 0.2) is 23.2 Å². The first-order chi connectivity index (χ1) is 6.22. The fourth-order valence-electron chi connectivity index (χ4n) is 0.682.